The molecule has 0 aromatic heterocycles. The lowest BCUT2D eigenvalue weighted by atomic mass is 9.78. The van der Waals surface area contributed by atoms with Gasteiger partial charge in [-0.05, 0) is 48.8 Å². The number of nitrogens with zero attached hydrogens (tertiary/aromatic N) is 1. The zero-order valence-electron chi connectivity index (χ0n) is 18.1. The van der Waals surface area contributed by atoms with Gasteiger partial charge in [-0.2, -0.15) is 0 Å². The van der Waals surface area contributed by atoms with E-state index in [9.17, 15) is 14.0 Å². The topological polar surface area (TPSA) is 49.4 Å². The van der Waals surface area contributed by atoms with E-state index < -0.39 is 6.04 Å². The number of hydrogen-bond donors (Lipinski definition) is 1. The van der Waals surface area contributed by atoms with Gasteiger partial charge in [-0.3, -0.25) is 9.59 Å². The molecule has 1 aromatic rings. The highest BCUT2D eigenvalue weighted by atomic mass is 35.5. The Bertz CT molecular complexity index is 720. The first-order chi connectivity index (χ1) is 14.4. The van der Waals surface area contributed by atoms with E-state index >= 15 is 0 Å². The van der Waals surface area contributed by atoms with Crippen molar-refractivity contribution in [3.05, 3.63) is 35.6 Å². The van der Waals surface area contributed by atoms with E-state index in [1.165, 1.54) is 18.6 Å². The van der Waals surface area contributed by atoms with Crippen molar-refractivity contribution in [1.29, 1.82) is 0 Å². The van der Waals surface area contributed by atoms with Gasteiger partial charge in [0.05, 0.1) is 0 Å². The molecule has 6 heteroatoms. The van der Waals surface area contributed by atoms with Gasteiger partial charge in [0.25, 0.3) is 0 Å². The number of rotatable bonds is 6. The van der Waals surface area contributed by atoms with Crippen molar-refractivity contribution in [2.24, 2.45) is 11.8 Å². The fourth-order valence-electron chi connectivity index (χ4n) is 5.12. The minimum absolute atomic E-state index is 0.0199. The lowest BCUT2D eigenvalue weighted by molar-refractivity contribution is -0.143. The molecule has 2 fully saturated rings. The summed E-state index contributed by atoms with van der Waals surface area (Å²) in [5, 5.41) is 3.24. The van der Waals surface area contributed by atoms with E-state index in [1.54, 1.807) is 17.0 Å². The Morgan fingerprint density at radius 3 is 2.37 bits per heavy atom. The summed E-state index contributed by atoms with van der Waals surface area (Å²) >= 11 is 5.98. The molecule has 0 aliphatic heterocycles. The molecule has 4 nitrogen and oxygen atoms in total. The molecule has 0 bridgehead atoms. The summed E-state index contributed by atoms with van der Waals surface area (Å²) in [4.78, 5) is 28.2. The molecule has 1 N–H and O–H groups in total. The molecule has 166 valence electrons. The van der Waals surface area contributed by atoms with E-state index in [2.05, 4.69) is 19.2 Å². The maximum absolute atomic E-state index is 13.6. The second-order valence-electron chi connectivity index (χ2n) is 9.06. The average molecular weight is 437 g/mol. The van der Waals surface area contributed by atoms with Crippen LogP contribution in [-0.2, 0) is 9.59 Å². The fraction of sp³-hybridized carbons (Fsp3) is 0.667. The van der Waals surface area contributed by atoms with E-state index in [4.69, 9.17) is 11.6 Å². The maximum Gasteiger partial charge on any atom is 0.247 e. The zero-order chi connectivity index (χ0) is 21.7. The minimum Gasteiger partial charge on any atom is -0.351 e. The molecule has 0 radical (unpaired) electrons. The van der Waals surface area contributed by atoms with Gasteiger partial charge in [-0.1, -0.05) is 58.1 Å². The number of alkyl halides is 1. The highest BCUT2D eigenvalue weighted by Gasteiger charge is 2.38. The van der Waals surface area contributed by atoms with Gasteiger partial charge < -0.3 is 10.2 Å². The van der Waals surface area contributed by atoms with Gasteiger partial charge >= 0.3 is 0 Å². The summed E-state index contributed by atoms with van der Waals surface area (Å²) in [6.45, 7) is 4.41. The van der Waals surface area contributed by atoms with Crippen LogP contribution in [0.3, 0.4) is 0 Å². The molecule has 2 saturated carbocycles. The third-order valence-electron chi connectivity index (χ3n) is 7.12. The van der Waals surface area contributed by atoms with Crippen LogP contribution in [-0.4, -0.2) is 34.7 Å². The van der Waals surface area contributed by atoms with Crippen LogP contribution in [0.25, 0.3) is 0 Å². The summed E-state index contributed by atoms with van der Waals surface area (Å²) in [5.41, 5.74) is 0.634. The van der Waals surface area contributed by atoms with Crippen molar-refractivity contribution >= 4 is 23.4 Å². The third-order valence-corrected chi connectivity index (χ3v) is 7.35. The Kier molecular flexibility index (Phi) is 8.15. The monoisotopic (exact) mass is 436 g/mol. The predicted octanol–water partition coefficient (Wildman–Crippen LogP) is 5.21. The molecule has 3 rings (SSSR count). The Morgan fingerprint density at radius 1 is 1.07 bits per heavy atom. The average Bonchev–Trinajstić information content (AvgIpc) is 2.76. The number of carbonyl (C=O) groups is 2. The molecule has 0 heterocycles. The van der Waals surface area contributed by atoms with Crippen molar-refractivity contribution in [3.8, 4) is 0 Å². The highest BCUT2D eigenvalue weighted by molar-refractivity contribution is 6.27. The first-order valence-corrected chi connectivity index (χ1v) is 11.9. The highest BCUT2D eigenvalue weighted by Crippen LogP contribution is 2.33. The standard InChI is InChI=1S/C24H34ClFN2O2/c1-16-7-6-10-21(17(16)2)27-24(30)23(18-11-13-19(26)14-12-18)28(22(29)15-25)20-8-4-3-5-9-20/h11-14,16-17,20-21,23H,3-10,15H2,1-2H3,(H,27,30). The zero-order valence-corrected chi connectivity index (χ0v) is 18.8. The van der Waals surface area contributed by atoms with Crippen LogP contribution in [0.5, 0.6) is 0 Å². The largest absolute Gasteiger partial charge is 0.351 e. The Morgan fingerprint density at radius 2 is 1.73 bits per heavy atom. The number of nitrogens with one attached hydrogen (secondary N) is 1. The van der Waals surface area contributed by atoms with E-state index in [0.29, 0.717) is 17.4 Å². The van der Waals surface area contributed by atoms with Crippen LogP contribution in [0.1, 0.15) is 76.8 Å². The van der Waals surface area contributed by atoms with E-state index in [-0.39, 0.29) is 35.6 Å². The van der Waals surface area contributed by atoms with Crippen molar-refractivity contribution < 1.29 is 14.0 Å². The van der Waals surface area contributed by atoms with E-state index in [1.807, 2.05) is 0 Å². The van der Waals surface area contributed by atoms with Gasteiger partial charge in [-0.15, -0.1) is 11.6 Å². The smallest absolute Gasteiger partial charge is 0.247 e. The molecule has 4 atom stereocenters. The molecular formula is C24H34ClFN2O2. The molecule has 30 heavy (non-hydrogen) atoms. The molecule has 2 aliphatic carbocycles. The van der Waals surface area contributed by atoms with Gasteiger partial charge in [0.2, 0.25) is 11.8 Å². The van der Waals surface area contributed by atoms with Gasteiger partial charge in [0.15, 0.2) is 0 Å². The Labute approximate surface area is 184 Å². The molecule has 1 aromatic carbocycles. The van der Waals surface area contributed by atoms with Crippen molar-refractivity contribution in [3.63, 3.8) is 0 Å². The number of halogens is 2. The first-order valence-electron chi connectivity index (χ1n) is 11.3. The summed E-state index contributed by atoms with van der Waals surface area (Å²) in [5.74, 6) is -0.0240. The van der Waals surface area contributed by atoms with E-state index in [0.717, 1.165) is 44.9 Å². The van der Waals surface area contributed by atoms with Crippen molar-refractivity contribution in [2.75, 3.05) is 5.88 Å². The van der Waals surface area contributed by atoms with Crippen LogP contribution >= 0.6 is 11.6 Å². The van der Waals surface area contributed by atoms with Crippen LogP contribution in [0.2, 0.25) is 0 Å². The Balaban J connectivity index is 1.92. The van der Waals surface area contributed by atoms with Gasteiger partial charge in [0.1, 0.15) is 17.7 Å². The number of carbonyl (C=O) groups excluding carboxylic acids is 2. The molecule has 0 spiro atoms. The third kappa shape index (κ3) is 5.35. The van der Waals surface area contributed by atoms with Crippen LogP contribution in [0.4, 0.5) is 4.39 Å². The summed E-state index contributed by atoms with van der Waals surface area (Å²) in [6, 6.07) is 5.21. The SMILES string of the molecule is CC1CCCC(NC(=O)C(c2ccc(F)cc2)N(C(=O)CCl)C2CCCCC2)C1C. The summed E-state index contributed by atoms with van der Waals surface area (Å²) in [6.07, 6.45) is 8.15. The quantitative estimate of drug-likeness (QED) is 0.622. The van der Waals surface area contributed by atoms with Crippen LogP contribution in [0, 0.1) is 17.7 Å². The molecule has 2 aliphatic rings. The van der Waals surface area contributed by atoms with Crippen molar-refractivity contribution in [2.45, 2.75) is 83.3 Å². The predicted molar refractivity (Wildman–Crippen MR) is 118 cm³/mol. The van der Waals surface area contributed by atoms with Gasteiger partial charge in [0, 0.05) is 12.1 Å². The van der Waals surface area contributed by atoms with Crippen LogP contribution < -0.4 is 5.32 Å². The summed E-state index contributed by atoms with van der Waals surface area (Å²) in [7, 11) is 0. The number of amides is 2. The molecule has 0 saturated heterocycles. The molecule has 2 amide bonds. The second-order valence-corrected chi connectivity index (χ2v) is 9.33. The number of benzene rings is 1. The molecule has 4 unspecified atom stereocenters. The van der Waals surface area contributed by atoms with Crippen molar-refractivity contribution in [1.82, 2.24) is 10.2 Å². The molecular weight excluding hydrogens is 403 g/mol. The van der Waals surface area contributed by atoms with Gasteiger partial charge in [-0.25, -0.2) is 4.39 Å². The maximum atomic E-state index is 13.6. The normalized spacial score (nSPS) is 26.1. The second kappa shape index (κ2) is 10.6. The lowest BCUT2D eigenvalue weighted by Crippen LogP contribution is -2.53. The summed E-state index contributed by atoms with van der Waals surface area (Å²) < 4.78 is 13.6. The Hall–Kier alpha value is -1.62. The fourth-order valence-corrected chi connectivity index (χ4v) is 5.26. The minimum atomic E-state index is -0.788. The number of hydrogen-bond acceptors (Lipinski definition) is 2. The van der Waals surface area contributed by atoms with Crippen LogP contribution in [0.15, 0.2) is 24.3 Å². The lowest BCUT2D eigenvalue weighted by Gasteiger charge is -2.41. The first kappa shape index (κ1) is 23.1.